The first-order valence-electron chi connectivity index (χ1n) is 8.83. The van der Waals surface area contributed by atoms with Gasteiger partial charge in [0.2, 0.25) is 11.2 Å². The molecule has 0 aliphatic rings. The Bertz CT molecular complexity index is 1220. The Morgan fingerprint density at radius 1 is 1.10 bits per heavy atom. The highest BCUT2D eigenvalue weighted by molar-refractivity contribution is 9.10. The predicted molar refractivity (Wildman–Crippen MR) is 114 cm³/mol. The molecule has 0 amide bonds. The number of imidazole rings is 1. The van der Waals surface area contributed by atoms with Gasteiger partial charge in [0.05, 0.1) is 0 Å². The van der Waals surface area contributed by atoms with E-state index in [0.29, 0.717) is 23.0 Å². The minimum atomic E-state index is -0.545. The van der Waals surface area contributed by atoms with Crippen molar-refractivity contribution in [2.24, 2.45) is 0 Å². The topological polar surface area (TPSA) is 88.4 Å². The van der Waals surface area contributed by atoms with Crippen molar-refractivity contribution in [2.45, 2.75) is 6.61 Å². The summed E-state index contributed by atoms with van der Waals surface area (Å²) in [6.07, 6.45) is 0. The fraction of sp³-hybridized carbons (Fsp3) is 0.0909. The zero-order valence-electron chi connectivity index (χ0n) is 15.5. The second-order valence-electron chi connectivity index (χ2n) is 6.37. The number of ether oxygens (including phenoxy) is 1. The molecule has 0 radical (unpaired) electrons. The summed E-state index contributed by atoms with van der Waals surface area (Å²) in [6, 6.07) is 18.4. The monoisotopic (exact) mass is 452 g/mol. The Kier molecular flexibility index (Phi) is 5.33. The molecule has 146 valence electrons. The molecule has 29 heavy (non-hydrogen) atoms. The van der Waals surface area contributed by atoms with Gasteiger partial charge in [-0.1, -0.05) is 58.4 Å². The van der Waals surface area contributed by atoms with Crippen LogP contribution in [0.5, 0.6) is 5.75 Å². The molecule has 0 fully saturated rings. The van der Waals surface area contributed by atoms with Gasteiger partial charge >= 0.3 is 0 Å². The van der Waals surface area contributed by atoms with E-state index >= 15 is 0 Å². The van der Waals surface area contributed by atoms with E-state index in [1.165, 1.54) is 13.2 Å². The highest BCUT2D eigenvalue weighted by atomic mass is 79.9. The van der Waals surface area contributed by atoms with Gasteiger partial charge in [0.15, 0.2) is 5.76 Å². The minimum absolute atomic E-state index is 0.0251. The van der Waals surface area contributed by atoms with Crippen LogP contribution in [0.25, 0.3) is 34.1 Å². The molecule has 0 atom stereocenters. The first-order valence-corrected chi connectivity index (χ1v) is 9.63. The number of nitrogens with one attached hydrogen (secondary N) is 1. The molecular formula is C22H17BrN2O4. The third kappa shape index (κ3) is 3.87. The van der Waals surface area contributed by atoms with E-state index in [1.54, 1.807) is 0 Å². The maximum absolute atomic E-state index is 12.3. The van der Waals surface area contributed by atoms with Gasteiger partial charge in [-0.15, -0.1) is 0 Å². The number of nitrogens with zero attached hydrogens (tertiary/aromatic N) is 1. The van der Waals surface area contributed by atoms with Crippen LogP contribution >= 0.6 is 15.9 Å². The van der Waals surface area contributed by atoms with Crippen molar-refractivity contribution >= 4 is 15.9 Å². The van der Waals surface area contributed by atoms with Crippen molar-refractivity contribution < 1.29 is 14.3 Å². The molecular weight excluding hydrogens is 436 g/mol. The molecule has 0 spiro atoms. The molecule has 2 heterocycles. The van der Waals surface area contributed by atoms with Gasteiger partial charge in [0.1, 0.15) is 29.6 Å². The average molecular weight is 453 g/mol. The molecule has 0 saturated carbocycles. The summed E-state index contributed by atoms with van der Waals surface area (Å²) in [5, 5.41) is 10.4. The second-order valence-corrected chi connectivity index (χ2v) is 7.29. The fourth-order valence-corrected chi connectivity index (χ4v) is 3.43. The molecule has 2 aromatic heterocycles. The van der Waals surface area contributed by atoms with Gasteiger partial charge in [-0.2, -0.15) is 0 Å². The second kappa shape index (κ2) is 8.06. The van der Waals surface area contributed by atoms with Crippen LogP contribution in [0.4, 0.5) is 0 Å². The van der Waals surface area contributed by atoms with Gasteiger partial charge in [0, 0.05) is 28.8 Å². The van der Waals surface area contributed by atoms with Crippen LogP contribution in [0.3, 0.4) is 0 Å². The number of methoxy groups -OCH3 is 1. The first-order chi connectivity index (χ1) is 14.1. The van der Waals surface area contributed by atoms with Gasteiger partial charge in [0.25, 0.3) is 0 Å². The van der Waals surface area contributed by atoms with Crippen molar-refractivity contribution in [3.8, 4) is 39.8 Å². The number of halogens is 1. The number of rotatable bonds is 5. The Balaban J connectivity index is 1.96. The molecule has 2 N–H and O–H groups in total. The molecule has 7 heteroatoms. The normalized spacial score (nSPS) is 11.0. The number of aromatic nitrogens is 2. The number of benzene rings is 2. The van der Waals surface area contributed by atoms with Crippen molar-refractivity contribution in [1.82, 2.24) is 9.97 Å². The summed E-state index contributed by atoms with van der Waals surface area (Å²) in [6.45, 7) is 0.107. The lowest BCUT2D eigenvalue weighted by Crippen LogP contribution is -2.04. The van der Waals surface area contributed by atoms with E-state index in [4.69, 9.17) is 14.1 Å². The van der Waals surface area contributed by atoms with Crippen LogP contribution in [-0.2, 0) is 11.3 Å². The number of hydrogen-bond acceptors (Lipinski definition) is 5. The maximum atomic E-state index is 12.3. The summed E-state index contributed by atoms with van der Waals surface area (Å²) in [5.41, 5.74) is 2.10. The van der Waals surface area contributed by atoms with Crippen LogP contribution in [0, 0.1) is 0 Å². The standard InChI is InChI=1S/C22H17BrN2O4/c1-28-12-16-11-17(26)20(27)21(29-16)19-18(13-6-3-2-4-7-13)24-22(25-19)14-8-5-9-15(23)10-14/h2-11,27H,12H2,1H3,(H,24,25). The zero-order chi connectivity index (χ0) is 20.4. The van der Waals surface area contributed by atoms with E-state index in [1.807, 2.05) is 54.6 Å². The Morgan fingerprint density at radius 3 is 2.59 bits per heavy atom. The SMILES string of the molecule is COCc1cc(=O)c(O)c(-c2[nH]c(-c3cccc(Br)c3)nc2-c2ccccc2)o1. The molecule has 6 nitrogen and oxygen atoms in total. The van der Waals surface area contributed by atoms with Crippen LogP contribution < -0.4 is 5.43 Å². The molecule has 4 aromatic rings. The van der Waals surface area contributed by atoms with Gasteiger partial charge in [-0.3, -0.25) is 4.79 Å². The summed E-state index contributed by atoms with van der Waals surface area (Å²) in [5.74, 6) is 0.436. The largest absolute Gasteiger partial charge is 0.501 e. The lowest BCUT2D eigenvalue weighted by molar-refractivity contribution is 0.162. The summed E-state index contributed by atoms with van der Waals surface area (Å²) in [4.78, 5) is 20.2. The van der Waals surface area contributed by atoms with Crippen molar-refractivity contribution in [1.29, 1.82) is 0 Å². The minimum Gasteiger partial charge on any atom is -0.501 e. The molecule has 0 aliphatic heterocycles. The smallest absolute Gasteiger partial charge is 0.227 e. The highest BCUT2D eigenvalue weighted by Gasteiger charge is 2.22. The van der Waals surface area contributed by atoms with Crippen molar-refractivity contribution in [2.75, 3.05) is 7.11 Å². The molecule has 2 aromatic carbocycles. The van der Waals surface area contributed by atoms with Crippen molar-refractivity contribution in [3.05, 3.63) is 81.1 Å². The molecule has 0 saturated heterocycles. The third-order valence-electron chi connectivity index (χ3n) is 4.34. The summed E-state index contributed by atoms with van der Waals surface area (Å²) < 4.78 is 11.8. The molecule has 0 unspecified atom stereocenters. The van der Waals surface area contributed by atoms with Gasteiger partial charge in [-0.25, -0.2) is 4.98 Å². The Morgan fingerprint density at radius 2 is 1.86 bits per heavy atom. The number of hydrogen-bond donors (Lipinski definition) is 2. The van der Waals surface area contributed by atoms with E-state index in [-0.39, 0.29) is 12.4 Å². The van der Waals surface area contributed by atoms with E-state index < -0.39 is 11.2 Å². The summed E-state index contributed by atoms with van der Waals surface area (Å²) >= 11 is 3.47. The number of aromatic hydroxyl groups is 1. The quantitative estimate of drug-likeness (QED) is 0.445. The first kappa shape index (κ1) is 19.2. The lowest BCUT2D eigenvalue weighted by atomic mass is 10.1. The third-order valence-corrected chi connectivity index (χ3v) is 4.83. The molecule has 4 rings (SSSR count). The van der Waals surface area contributed by atoms with E-state index in [2.05, 4.69) is 20.9 Å². The van der Waals surface area contributed by atoms with E-state index in [9.17, 15) is 9.90 Å². The van der Waals surface area contributed by atoms with Crippen molar-refractivity contribution in [3.63, 3.8) is 0 Å². The lowest BCUT2D eigenvalue weighted by Gasteiger charge is -2.07. The van der Waals surface area contributed by atoms with Gasteiger partial charge < -0.3 is 19.2 Å². The zero-order valence-corrected chi connectivity index (χ0v) is 17.1. The molecule has 0 bridgehead atoms. The maximum Gasteiger partial charge on any atom is 0.227 e. The van der Waals surface area contributed by atoms with Crippen LogP contribution in [0.2, 0.25) is 0 Å². The number of H-pyrrole nitrogens is 1. The highest BCUT2D eigenvalue weighted by Crippen LogP contribution is 2.36. The van der Waals surface area contributed by atoms with Crippen LogP contribution in [0.15, 0.2) is 74.3 Å². The fourth-order valence-electron chi connectivity index (χ4n) is 3.03. The van der Waals surface area contributed by atoms with Crippen LogP contribution in [0.1, 0.15) is 5.76 Å². The van der Waals surface area contributed by atoms with E-state index in [0.717, 1.165) is 15.6 Å². The molecule has 0 aliphatic carbocycles. The Labute approximate surface area is 175 Å². The predicted octanol–water partition coefficient (Wildman–Crippen LogP) is 4.98. The van der Waals surface area contributed by atoms with Gasteiger partial charge in [-0.05, 0) is 12.1 Å². The average Bonchev–Trinajstić information content (AvgIpc) is 3.17. The Hall–Kier alpha value is -3.16. The number of aromatic amines is 1. The van der Waals surface area contributed by atoms with Crippen LogP contribution in [-0.4, -0.2) is 22.2 Å². The summed E-state index contributed by atoms with van der Waals surface area (Å²) in [7, 11) is 1.50.